The molecule has 0 N–H and O–H groups in total. The predicted octanol–water partition coefficient (Wildman–Crippen LogP) is 12.8. The lowest BCUT2D eigenvalue weighted by molar-refractivity contribution is 0.139. The van der Waals surface area contributed by atoms with Crippen LogP contribution in [0.15, 0.2) is 108 Å². The zero-order valence-corrected chi connectivity index (χ0v) is 33.6. The van der Waals surface area contributed by atoms with Gasteiger partial charge in [-0.15, -0.1) is 0 Å². The summed E-state index contributed by atoms with van der Waals surface area (Å²) in [6.07, 6.45) is 1.76. The summed E-state index contributed by atoms with van der Waals surface area (Å²) in [6.45, 7) is 26.9. The van der Waals surface area contributed by atoms with Crippen LogP contribution in [0.25, 0.3) is 27.6 Å². The Morgan fingerprint density at radius 2 is 1.26 bits per heavy atom. The predicted molar refractivity (Wildman–Crippen MR) is 221 cm³/mol. The third-order valence-electron chi connectivity index (χ3n) is 10.5. The number of nitrogens with zero attached hydrogens (tertiary/aromatic N) is 3. The van der Waals surface area contributed by atoms with Gasteiger partial charge in [0.2, 0.25) is 5.90 Å². The molecule has 0 unspecified atom stereocenters. The second-order valence-electron chi connectivity index (χ2n) is 18.9. The van der Waals surface area contributed by atoms with Crippen molar-refractivity contribution in [2.75, 3.05) is 0 Å². The highest BCUT2D eigenvalue weighted by Crippen LogP contribution is 2.42. The molecule has 0 aliphatic carbocycles. The Balaban J connectivity index is 1.35. The van der Waals surface area contributed by atoms with Gasteiger partial charge in [0.05, 0.1) is 17.1 Å². The first-order valence-electron chi connectivity index (χ1n) is 19.0. The van der Waals surface area contributed by atoms with E-state index in [9.17, 15) is 0 Å². The van der Waals surface area contributed by atoms with Crippen molar-refractivity contribution in [2.45, 2.75) is 111 Å². The van der Waals surface area contributed by atoms with Crippen LogP contribution in [0.1, 0.15) is 117 Å². The van der Waals surface area contributed by atoms with Gasteiger partial charge in [0.1, 0.15) is 23.4 Å². The minimum atomic E-state index is -0.164. The van der Waals surface area contributed by atoms with Crippen molar-refractivity contribution in [1.29, 1.82) is 0 Å². The molecule has 0 amide bonds. The number of rotatable bonds is 5. The van der Waals surface area contributed by atoms with Crippen LogP contribution in [0.5, 0.6) is 11.5 Å². The molecule has 2 atom stereocenters. The van der Waals surface area contributed by atoms with Gasteiger partial charge in [-0.05, 0) is 98.5 Å². The summed E-state index contributed by atoms with van der Waals surface area (Å²) in [5.41, 5.74) is 7.72. The molecule has 0 radical (unpaired) electrons. The summed E-state index contributed by atoms with van der Waals surface area (Å²) in [5.74, 6) is 3.06. The quantitative estimate of drug-likeness (QED) is 0.179. The number of ether oxygens (including phenoxy) is 2. The number of benzene rings is 4. The van der Waals surface area contributed by atoms with E-state index in [1.165, 1.54) is 21.9 Å². The molecular weight excluding hydrogens is 651 g/mol. The van der Waals surface area contributed by atoms with Crippen molar-refractivity contribution in [2.24, 2.45) is 10.4 Å². The molecule has 1 aliphatic rings. The minimum Gasteiger partial charge on any atom is -0.467 e. The lowest BCUT2D eigenvalue weighted by Gasteiger charge is -2.28. The van der Waals surface area contributed by atoms with Crippen LogP contribution in [0.4, 0.5) is 0 Å². The van der Waals surface area contributed by atoms with E-state index >= 15 is 0 Å². The number of aliphatic imine (C=N–C) groups is 1. The van der Waals surface area contributed by atoms with E-state index in [0.717, 1.165) is 45.0 Å². The largest absolute Gasteiger partial charge is 0.467 e. The van der Waals surface area contributed by atoms with Crippen LogP contribution >= 0.6 is 0 Å². The Hall–Kier alpha value is -4.90. The van der Waals surface area contributed by atoms with Gasteiger partial charge >= 0.3 is 0 Å². The third kappa shape index (κ3) is 7.23. The highest BCUT2D eigenvalue weighted by Gasteiger charge is 2.40. The molecule has 0 saturated heterocycles. The van der Waals surface area contributed by atoms with Gasteiger partial charge in [-0.1, -0.05) is 119 Å². The van der Waals surface area contributed by atoms with Crippen LogP contribution in [-0.4, -0.2) is 21.5 Å². The fourth-order valence-corrected chi connectivity index (χ4v) is 7.23. The van der Waals surface area contributed by atoms with Crippen LogP contribution in [-0.2, 0) is 21.0 Å². The first-order chi connectivity index (χ1) is 24.8. The van der Waals surface area contributed by atoms with Crippen LogP contribution in [0, 0.1) is 5.41 Å². The van der Waals surface area contributed by atoms with Crippen molar-refractivity contribution in [3.8, 4) is 17.3 Å². The molecule has 0 fully saturated rings. The van der Waals surface area contributed by atoms with E-state index in [0.29, 0.717) is 5.90 Å². The molecule has 274 valence electrons. The van der Waals surface area contributed by atoms with Gasteiger partial charge in [-0.3, -0.25) is 4.57 Å². The van der Waals surface area contributed by atoms with E-state index in [1.54, 1.807) is 0 Å². The smallest absolute Gasteiger partial charge is 0.217 e. The third-order valence-corrected chi connectivity index (χ3v) is 10.5. The minimum absolute atomic E-state index is 0.0127. The molecule has 5 heteroatoms. The molecule has 5 nitrogen and oxygen atoms in total. The molecular formula is C48H55N3O2. The maximum Gasteiger partial charge on any atom is 0.217 e. The Morgan fingerprint density at radius 3 is 1.92 bits per heavy atom. The van der Waals surface area contributed by atoms with Crippen molar-refractivity contribution in [3.63, 3.8) is 0 Å². The molecule has 0 saturated carbocycles. The monoisotopic (exact) mass is 705 g/mol. The first kappa shape index (κ1) is 36.5. The first-order valence-corrected chi connectivity index (χ1v) is 19.0. The summed E-state index contributed by atoms with van der Waals surface area (Å²) in [7, 11) is 0. The Bertz CT molecular complexity index is 2340. The molecule has 4 aromatic carbocycles. The topological polar surface area (TPSA) is 48.6 Å². The standard InChI is InChI=1S/C48H55N3O2/c1-45(2,3)32-18-21-39-38(27-32)37-20-19-35(29-40(37)51(39)41-28-33(22-23-49-41)46(4,5)6)52-36-25-31(24-34(26-36)47(7,8)9)44-50-43(48(10,11)12)42(53-44)30-16-14-13-15-17-30/h13-29,42-43H,1-12H3/t42-,43-/m0/s1. The molecule has 6 aromatic rings. The van der Waals surface area contributed by atoms with E-state index in [2.05, 4.69) is 179 Å². The van der Waals surface area contributed by atoms with Gasteiger partial charge < -0.3 is 9.47 Å². The second kappa shape index (κ2) is 12.9. The van der Waals surface area contributed by atoms with Gasteiger partial charge in [0.15, 0.2) is 0 Å². The van der Waals surface area contributed by atoms with Crippen molar-refractivity contribution in [1.82, 2.24) is 9.55 Å². The van der Waals surface area contributed by atoms with Crippen molar-refractivity contribution < 1.29 is 9.47 Å². The van der Waals surface area contributed by atoms with Crippen LogP contribution in [0.2, 0.25) is 0 Å². The highest BCUT2D eigenvalue weighted by atomic mass is 16.5. The average Bonchev–Trinajstić information content (AvgIpc) is 3.68. The van der Waals surface area contributed by atoms with Gasteiger partial charge in [-0.25, -0.2) is 9.98 Å². The number of hydrogen-bond acceptors (Lipinski definition) is 4. The second-order valence-corrected chi connectivity index (χ2v) is 18.9. The summed E-state index contributed by atoms with van der Waals surface area (Å²) in [4.78, 5) is 10.2. The Morgan fingerprint density at radius 1 is 0.585 bits per heavy atom. The fraction of sp³-hybridized carbons (Fsp3) is 0.375. The Kier molecular flexibility index (Phi) is 8.87. The molecule has 7 rings (SSSR count). The van der Waals surface area contributed by atoms with E-state index in [1.807, 2.05) is 12.3 Å². The normalized spacial score (nSPS) is 16.9. The molecule has 0 spiro atoms. The summed E-state index contributed by atoms with van der Waals surface area (Å²) in [6, 6.07) is 34.5. The molecule has 2 aromatic heterocycles. The van der Waals surface area contributed by atoms with Gasteiger partial charge in [-0.2, -0.15) is 0 Å². The van der Waals surface area contributed by atoms with Gasteiger partial charge in [0, 0.05) is 28.6 Å². The zero-order chi connectivity index (χ0) is 38.1. The van der Waals surface area contributed by atoms with E-state index < -0.39 is 0 Å². The number of fused-ring (bicyclic) bond motifs is 3. The van der Waals surface area contributed by atoms with Gasteiger partial charge in [0.25, 0.3) is 0 Å². The van der Waals surface area contributed by atoms with E-state index in [-0.39, 0.29) is 33.8 Å². The number of pyridine rings is 1. The van der Waals surface area contributed by atoms with Crippen LogP contribution in [0.3, 0.4) is 0 Å². The maximum atomic E-state index is 6.83. The number of aromatic nitrogens is 2. The summed E-state index contributed by atoms with van der Waals surface area (Å²) >= 11 is 0. The molecule has 0 bridgehead atoms. The number of hydrogen-bond donors (Lipinski definition) is 0. The summed E-state index contributed by atoms with van der Waals surface area (Å²) < 4.78 is 15.9. The fourth-order valence-electron chi connectivity index (χ4n) is 7.23. The Labute approximate surface area is 316 Å². The summed E-state index contributed by atoms with van der Waals surface area (Å²) in [5, 5.41) is 2.37. The molecule has 3 heterocycles. The molecule has 53 heavy (non-hydrogen) atoms. The molecule has 1 aliphatic heterocycles. The zero-order valence-electron chi connectivity index (χ0n) is 33.6. The van der Waals surface area contributed by atoms with E-state index in [4.69, 9.17) is 19.5 Å². The lowest BCUT2D eigenvalue weighted by Crippen LogP contribution is -2.28. The lowest BCUT2D eigenvalue weighted by atomic mass is 9.82. The van der Waals surface area contributed by atoms with Crippen LogP contribution < -0.4 is 4.74 Å². The van der Waals surface area contributed by atoms with Crippen molar-refractivity contribution >= 4 is 27.7 Å². The average molecular weight is 706 g/mol. The maximum absolute atomic E-state index is 6.83. The highest BCUT2D eigenvalue weighted by molar-refractivity contribution is 6.09. The SMILES string of the molecule is CC(C)(C)c1cc(Oc2ccc3c4cc(C(C)(C)C)ccc4n(-c4cc(C(C)(C)C)ccn4)c3c2)cc(C2=N[C@H](C(C)(C)C)[C@H](c3ccccc3)O2)c1. The van der Waals surface area contributed by atoms with Crippen molar-refractivity contribution in [3.05, 3.63) is 131 Å².